The molecule has 0 saturated carbocycles. The van der Waals surface area contributed by atoms with Gasteiger partial charge in [0, 0.05) is 0 Å². The monoisotopic (exact) mass is 118 g/mol. The van der Waals surface area contributed by atoms with Gasteiger partial charge in [-0.05, 0) is 0 Å². The summed E-state index contributed by atoms with van der Waals surface area (Å²) < 4.78 is 4.14. The summed E-state index contributed by atoms with van der Waals surface area (Å²) in [5, 5.41) is 0. The molecule has 3 nitrogen and oxygen atoms in total. The molecule has 0 aliphatic carbocycles. The molecule has 0 aromatic heterocycles. The van der Waals surface area contributed by atoms with Crippen molar-refractivity contribution in [3.05, 3.63) is 6.92 Å². The molecule has 0 unspecified atom stereocenters. The first kappa shape index (κ1) is 10.3. The van der Waals surface area contributed by atoms with Crippen LogP contribution in [0.3, 0.4) is 0 Å². The third-order valence-electron chi connectivity index (χ3n) is 0.394. The molecule has 0 fully saturated rings. The molecular weight excluding hydrogens is 106 g/mol. The first-order valence-electron chi connectivity index (χ1n) is 2.29. The Hall–Kier alpha value is -0.700. The summed E-state index contributed by atoms with van der Waals surface area (Å²) in [5.74, 6) is -0.380. The summed E-state index contributed by atoms with van der Waals surface area (Å²) in [5.41, 5.74) is 4.81. The third-order valence-corrected chi connectivity index (χ3v) is 0.394. The Kier molecular flexibility index (Phi) is 12.3. The maximum absolute atomic E-state index is 9.83. The Labute approximate surface area is 49.8 Å². The van der Waals surface area contributed by atoms with Crippen molar-refractivity contribution in [3.8, 4) is 0 Å². The molecular formula is C5H12NO2+. The molecule has 0 aromatic rings. The van der Waals surface area contributed by atoms with Crippen LogP contribution in [0.25, 0.3) is 0 Å². The minimum absolute atomic E-state index is 0.0312. The molecule has 0 amide bonds. The van der Waals surface area contributed by atoms with Gasteiger partial charge in [-0.2, -0.15) is 0 Å². The second-order valence-corrected chi connectivity index (χ2v) is 0.780. The van der Waals surface area contributed by atoms with Gasteiger partial charge in [-0.3, -0.25) is 4.79 Å². The van der Waals surface area contributed by atoms with Crippen LogP contribution < -0.4 is 5.73 Å². The topological polar surface area (TPSA) is 52.3 Å². The zero-order valence-corrected chi connectivity index (χ0v) is 5.31. The lowest BCUT2D eigenvalue weighted by Crippen LogP contribution is -2.14. The van der Waals surface area contributed by atoms with Crippen LogP contribution in [-0.2, 0) is 9.53 Å². The summed E-state index contributed by atoms with van der Waals surface area (Å²) in [6.45, 7) is 4.97. The molecule has 48 valence electrons. The molecule has 0 rings (SSSR count). The maximum Gasteiger partial charge on any atom is 0.319 e. The van der Waals surface area contributed by atoms with Gasteiger partial charge in [0.25, 0.3) is 0 Å². The number of nitrogens with two attached hydrogens (primary N) is 1. The molecule has 8 heavy (non-hydrogen) atoms. The number of carbonyl (C=O) groups excluding carboxylic acids is 1. The van der Waals surface area contributed by atoms with Crippen molar-refractivity contribution in [2.24, 2.45) is 5.73 Å². The number of methoxy groups -OCH3 is 1. The van der Waals surface area contributed by atoms with Crippen molar-refractivity contribution >= 4 is 5.97 Å². The number of hydrogen-bond acceptors (Lipinski definition) is 3. The van der Waals surface area contributed by atoms with Crippen molar-refractivity contribution in [2.45, 2.75) is 6.92 Å². The van der Waals surface area contributed by atoms with Gasteiger partial charge < -0.3 is 10.5 Å². The van der Waals surface area contributed by atoms with Crippen molar-refractivity contribution < 1.29 is 9.53 Å². The number of ether oxygens (including phenoxy) is 1. The van der Waals surface area contributed by atoms with E-state index in [1.165, 1.54) is 7.11 Å². The average molecular weight is 118 g/mol. The SMILES string of the molecule is COC(=O)CN.[CH2+]C. The van der Waals surface area contributed by atoms with Crippen LogP contribution >= 0.6 is 0 Å². The van der Waals surface area contributed by atoms with Crippen LogP contribution in [0.4, 0.5) is 0 Å². The lowest BCUT2D eigenvalue weighted by atomic mass is 10.7. The largest absolute Gasteiger partial charge is 0.468 e. The number of esters is 1. The quantitative estimate of drug-likeness (QED) is 0.388. The summed E-state index contributed by atoms with van der Waals surface area (Å²) in [6.07, 6.45) is 0. The van der Waals surface area contributed by atoms with Crippen molar-refractivity contribution in [2.75, 3.05) is 13.7 Å². The van der Waals surface area contributed by atoms with Crippen LogP contribution in [0.1, 0.15) is 6.92 Å². The smallest absolute Gasteiger partial charge is 0.319 e. The summed E-state index contributed by atoms with van der Waals surface area (Å²) >= 11 is 0. The molecule has 0 heterocycles. The zero-order valence-electron chi connectivity index (χ0n) is 5.31. The molecule has 0 aromatic carbocycles. The van der Waals surface area contributed by atoms with Crippen LogP contribution in [0.5, 0.6) is 0 Å². The van der Waals surface area contributed by atoms with Crippen LogP contribution in [0.15, 0.2) is 0 Å². The predicted octanol–water partition coefficient (Wildman–Crippen LogP) is -0.0415. The van der Waals surface area contributed by atoms with Crippen molar-refractivity contribution in [1.29, 1.82) is 0 Å². The van der Waals surface area contributed by atoms with Gasteiger partial charge in [-0.15, -0.1) is 0 Å². The van der Waals surface area contributed by atoms with Gasteiger partial charge in [-0.1, -0.05) is 0 Å². The lowest BCUT2D eigenvalue weighted by Gasteiger charge is -1.87. The molecule has 0 saturated heterocycles. The van der Waals surface area contributed by atoms with Crippen LogP contribution in [-0.4, -0.2) is 19.6 Å². The highest BCUT2D eigenvalue weighted by atomic mass is 16.5. The fourth-order valence-corrected chi connectivity index (χ4v) is 0.0833. The average Bonchev–Trinajstić information content (AvgIpc) is 1.91. The minimum Gasteiger partial charge on any atom is -0.468 e. The van der Waals surface area contributed by atoms with Crippen molar-refractivity contribution in [1.82, 2.24) is 0 Å². The van der Waals surface area contributed by atoms with E-state index in [-0.39, 0.29) is 12.5 Å². The van der Waals surface area contributed by atoms with Crippen LogP contribution in [0.2, 0.25) is 0 Å². The van der Waals surface area contributed by atoms with E-state index in [1.807, 2.05) is 0 Å². The summed E-state index contributed by atoms with van der Waals surface area (Å²) in [6, 6.07) is 0. The Morgan fingerprint density at radius 1 is 1.75 bits per heavy atom. The second kappa shape index (κ2) is 9.57. The molecule has 0 spiro atoms. The standard InChI is InChI=1S/C3H7NO2.C2H5/c1-6-3(5)2-4;1-2/h2,4H2,1H3;1H2,2H3/q;+1. The molecule has 2 N–H and O–H groups in total. The van der Waals surface area contributed by atoms with E-state index in [0.29, 0.717) is 0 Å². The van der Waals surface area contributed by atoms with E-state index in [4.69, 9.17) is 5.73 Å². The number of carbonyl (C=O) groups is 1. The van der Waals surface area contributed by atoms with Gasteiger partial charge >= 0.3 is 5.97 Å². The van der Waals surface area contributed by atoms with Crippen molar-refractivity contribution in [3.63, 3.8) is 0 Å². The number of hydrogen-bond donors (Lipinski definition) is 1. The molecule has 0 atom stereocenters. The lowest BCUT2D eigenvalue weighted by molar-refractivity contribution is -0.138. The molecule has 0 aliphatic heterocycles. The highest BCUT2D eigenvalue weighted by Crippen LogP contribution is 1.61. The normalized spacial score (nSPS) is 6.38. The molecule has 0 aliphatic rings. The molecule has 0 radical (unpaired) electrons. The second-order valence-electron chi connectivity index (χ2n) is 0.780. The van der Waals surface area contributed by atoms with Gasteiger partial charge in [-0.25, -0.2) is 0 Å². The van der Waals surface area contributed by atoms with Gasteiger partial charge in [0.15, 0.2) is 0 Å². The highest BCUT2D eigenvalue weighted by molar-refractivity contribution is 5.70. The Bertz CT molecular complexity index is 48.4. The third kappa shape index (κ3) is 9.00. The molecule has 3 heteroatoms. The number of rotatable bonds is 1. The maximum atomic E-state index is 9.83. The van der Waals surface area contributed by atoms with Gasteiger partial charge in [0.2, 0.25) is 0 Å². The first-order valence-corrected chi connectivity index (χ1v) is 2.29. The highest BCUT2D eigenvalue weighted by Gasteiger charge is 1.87. The Balaban J connectivity index is 0. The fourth-order valence-electron chi connectivity index (χ4n) is 0.0833. The summed E-state index contributed by atoms with van der Waals surface area (Å²) in [7, 11) is 1.30. The predicted molar refractivity (Wildman–Crippen MR) is 32.1 cm³/mol. The van der Waals surface area contributed by atoms with E-state index in [9.17, 15) is 4.79 Å². The Morgan fingerprint density at radius 2 is 2.12 bits per heavy atom. The van der Waals surface area contributed by atoms with Crippen LogP contribution in [0, 0.1) is 6.92 Å². The van der Waals surface area contributed by atoms with E-state index in [2.05, 4.69) is 11.7 Å². The Morgan fingerprint density at radius 3 is 2.12 bits per heavy atom. The first-order chi connectivity index (χ1) is 3.81. The van der Waals surface area contributed by atoms with Gasteiger partial charge in [0.1, 0.15) is 0 Å². The van der Waals surface area contributed by atoms with E-state index >= 15 is 0 Å². The molecule has 0 bridgehead atoms. The zero-order chi connectivity index (χ0) is 6.99. The van der Waals surface area contributed by atoms with E-state index < -0.39 is 0 Å². The van der Waals surface area contributed by atoms with E-state index in [0.717, 1.165) is 0 Å². The fraction of sp³-hybridized carbons (Fsp3) is 0.600. The van der Waals surface area contributed by atoms with E-state index in [1.54, 1.807) is 6.92 Å². The minimum atomic E-state index is -0.380. The summed E-state index contributed by atoms with van der Waals surface area (Å²) in [4.78, 5) is 9.83. The van der Waals surface area contributed by atoms with Gasteiger partial charge in [0.05, 0.1) is 27.5 Å².